The van der Waals surface area contributed by atoms with E-state index in [-0.39, 0.29) is 0 Å². The third kappa shape index (κ3) is 10.5. The molecule has 0 N–H and O–H groups in total. The van der Waals surface area contributed by atoms with Crippen LogP contribution in [-0.4, -0.2) is 118 Å². The summed E-state index contributed by atoms with van der Waals surface area (Å²) in [5, 5.41) is 0. The average molecular weight is 1240 g/mol. The molecule has 26 atom stereocenters. The quantitative estimate of drug-likeness (QED) is 0.236. The maximum atomic E-state index is 8.77. The summed E-state index contributed by atoms with van der Waals surface area (Å²) in [6.07, 6.45) is 76.2. The van der Waals surface area contributed by atoms with Crippen LogP contribution in [-0.2, 0) is 4.74 Å². The van der Waals surface area contributed by atoms with E-state index in [4.69, 9.17) is 4.74 Å². The van der Waals surface area contributed by atoms with E-state index >= 15 is 0 Å². The number of ether oxygens (including phenoxy) is 1. The van der Waals surface area contributed by atoms with Crippen LogP contribution in [0.5, 0.6) is 0 Å². The van der Waals surface area contributed by atoms with Crippen LogP contribution < -0.4 is 0 Å². The smallest absolute Gasteiger partial charge is 0.159 e. The average Bonchev–Trinajstić information content (AvgIpc) is 0.704. The van der Waals surface area contributed by atoms with E-state index in [9.17, 15) is 0 Å². The van der Waals surface area contributed by atoms with Crippen molar-refractivity contribution in [2.24, 2.45) is 70.5 Å². The Kier molecular flexibility index (Phi) is 17.4. The molecule has 7 heteroatoms. The van der Waals surface area contributed by atoms with E-state index in [1.807, 2.05) is 0 Å². The summed E-state index contributed by atoms with van der Waals surface area (Å²) < 4.78 is 8.77. The van der Waals surface area contributed by atoms with Gasteiger partial charge in [-0.05, 0) is 253 Å². The standard InChI is InChI=1S/C84H138B2N4O/c1-84(2,3)56-47-74-82-75(48-56)90(61-35-17-8-18-36-61)73-52-77-70(51-69(73)85(82)67-40-19-20-41-71(67)88(74)59-31-13-6-14-32-59)86-68-46-55(63-44-42-54-26-22-38-65-64-37-21-24-53-25-23-39-66(79(53)64)81(63)80(54)65)43-45-72(68)89(60-33-15-7-16-34-60)76-49-62(50-78(91-77)83(76)86)87(57-27-9-4-10-28-57)58-29-11-5-12-30-58/h53-83H,4-52H2,1-3H3/t53-,54?,55?,56-,62?,63+,64+,65?,66+,67?,68?,69?,70?,71-,72?,73?,74+,75-,76?,77?,78?,79?,80?,81+,82?,83?/m1/s1. The highest BCUT2D eigenvalue weighted by molar-refractivity contribution is 6.67. The predicted octanol–water partition coefficient (Wildman–Crippen LogP) is 20.8. The lowest BCUT2D eigenvalue weighted by Gasteiger charge is -2.72. The van der Waals surface area contributed by atoms with Gasteiger partial charge in [-0.15, -0.1) is 0 Å². The first kappa shape index (κ1) is 62.0. The monoisotopic (exact) mass is 1240 g/mol. The molecule has 0 amide bonds. The number of hydrogen-bond donors (Lipinski definition) is 0. The fraction of sp³-hybridized carbons (Fsp3) is 1.00. The van der Waals surface area contributed by atoms with E-state index in [0.29, 0.717) is 17.6 Å². The Morgan fingerprint density at radius 2 is 0.791 bits per heavy atom. The van der Waals surface area contributed by atoms with Crippen LogP contribution in [0.2, 0.25) is 34.9 Å². The zero-order valence-electron chi connectivity index (χ0n) is 59.4. The third-order valence-corrected chi connectivity index (χ3v) is 36.0. The van der Waals surface area contributed by atoms with Gasteiger partial charge in [0.1, 0.15) is 0 Å². The minimum atomic E-state index is 0.375. The second-order valence-electron chi connectivity index (χ2n) is 40.1. The van der Waals surface area contributed by atoms with Gasteiger partial charge in [0.15, 0.2) is 13.4 Å². The van der Waals surface area contributed by atoms with E-state index in [2.05, 4.69) is 40.4 Å². The fourth-order valence-corrected chi connectivity index (χ4v) is 33.5. The van der Waals surface area contributed by atoms with Crippen molar-refractivity contribution < 1.29 is 4.74 Å². The molecule has 0 aromatic carbocycles. The van der Waals surface area contributed by atoms with Crippen molar-refractivity contribution in [3.05, 3.63) is 0 Å². The molecule has 0 aromatic heterocycles. The Balaban J connectivity index is 0.737. The maximum absolute atomic E-state index is 8.77. The molecular formula is C84H138B2N4O. The number of rotatable bonds is 7. The molecule has 15 aliphatic carbocycles. The Labute approximate surface area is 560 Å². The van der Waals surface area contributed by atoms with Crippen molar-refractivity contribution in [1.29, 1.82) is 0 Å². The highest BCUT2D eigenvalue weighted by Gasteiger charge is 2.71. The number of hydrogen-bond acceptors (Lipinski definition) is 5. The Morgan fingerprint density at radius 3 is 1.41 bits per heavy atom. The molecule has 19 aliphatic rings. The lowest BCUT2D eigenvalue weighted by molar-refractivity contribution is -0.168. The van der Waals surface area contributed by atoms with Gasteiger partial charge >= 0.3 is 0 Å². The van der Waals surface area contributed by atoms with Crippen molar-refractivity contribution in [3.8, 4) is 0 Å². The first-order chi connectivity index (χ1) is 44.8. The normalized spacial score (nSPS) is 50.5. The SMILES string of the molecule is CC(C)(C)[C@H]1C[C@@H]2C3B(C4CC5B6C7CC([C@@H]8CCC9CCCC%10C9[C@@H]8[C@H]8CCC[C@H]9CCC[C@@H]%10C98)CCC7N(C7CCCCC7)C7CC(N(C8CCCCC8)C8CCCCC8)CC(OC5CC4N2C2CCCCC2)C67)C2CCCC[C@H]2N(C2CCCCC2)[C@H]3C1. The highest BCUT2D eigenvalue weighted by Crippen LogP contribution is 2.72. The molecule has 506 valence electrons. The van der Waals surface area contributed by atoms with Crippen LogP contribution in [0.3, 0.4) is 0 Å². The van der Waals surface area contributed by atoms with Gasteiger partial charge in [0.25, 0.3) is 0 Å². The minimum absolute atomic E-state index is 0.375. The zero-order chi connectivity index (χ0) is 60.2. The molecule has 19 fully saturated rings. The van der Waals surface area contributed by atoms with Gasteiger partial charge in [0.05, 0.1) is 12.2 Å². The lowest BCUT2D eigenvalue weighted by atomic mass is 9.14. The molecule has 15 saturated carbocycles. The summed E-state index contributed by atoms with van der Waals surface area (Å²) in [4.78, 5) is 14.2. The van der Waals surface area contributed by atoms with Gasteiger partial charge in [0.2, 0.25) is 0 Å². The Bertz CT molecular complexity index is 2450. The van der Waals surface area contributed by atoms with Crippen LogP contribution in [0, 0.1) is 70.5 Å². The lowest BCUT2D eigenvalue weighted by Crippen LogP contribution is -2.76. The summed E-state index contributed by atoms with van der Waals surface area (Å²) in [6.45, 7) is 10.00. The molecule has 17 unspecified atom stereocenters. The predicted molar refractivity (Wildman–Crippen MR) is 380 cm³/mol. The topological polar surface area (TPSA) is 22.2 Å². The Hall–Kier alpha value is -0.0701. The van der Waals surface area contributed by atoms with Crippen LogP contribution in [0.25, 0.3) is 0 Å². The molecule has 4 saturated heterocycles. The zero-order valence-corrected chi connectivity index (χ0v) is 59.4. The first-order valence-electron chi connectivity index (χ1n) is 43.6. The molecular weight excluding hydrogens is 1100 g/mol. The summed E-state index contributed by atoms with van der Waals surface area (Å²) in [5.41, 5.74) is 0.375. The van der Waals surface area contributed by atoms with Crippen molar-refractivity contribution in [2.75, 3.05) is 0 Å². The summed E-state index contributed by atoms with van der Waals surface area (Å²) in [5.74, 6) is 17.0. The van der Waals surface area contributed by atoms with Gasteiger partial charge in [-0.3, -0.25) is 19.6 Å². The molecule has 19 rings (SSSR count). The Morgan fingerprint density at radius 1 is 0.297 bits per heavy atom. The maximum Gasteiger partial charge on any atom is 0.159 e. The van der Waals surface area contributed by atoms with Crippen molar-refractivity contribution in [1.82, 2.24) is 19.6 Å². The molecule has 4 heterocycles. The third-order valence-electron chi connectivity index (χ3n) is 36.0. The van der Waals surface area contributed by atoms with Crippen molar-refractivity contribution >= 4 is 13.4 Å². The number of fused-ring (bicyclic) bond motifs is 10. The van der Waals surface area contributed by atoms with Crippen LogP contribution >= 0.6 is 0 Å². The summed E-state index contributed by atoms with van der Waals surface area (Å²) in [6, 6.07) is 9.79. The second kappa shape index (κ2) is 25.5. The van der Waals surface area contributed by atoms with Gasteiger partial charge < -0.3 is 4.74 Å². The minimum Gasteiger partial charge on any atom is -0.376 e. The van der Waals surface area contributed by atoms with Crippen LogP contribution in [0.1, 0.15) is 335 Å². The molecule has 0 aromatic rings. The fourth-order valence-electron chi connectivity index (χ4n) is 33.5. The molecule has 0 spiro atoms. The van der Waals surface area contributed by atoms with E-state index < -0.39 is 0 Å². The largest absolute Gasteiger partial charge is 0.376 e. The van der Waals surface area contributed by atoms with Crippen molar-refractivity contribution in [2.45, 2.75) is 455 Å². The second-order valence-corrected chi connectivity index (χ2v) is 40.1. The van der Waals surface area contributed by atoms with Gasteiger partial charge in [0, 0.05) is 72.5 Å². The van der Waals surface area contributed by atoms with E-state index in [1.54, 1.807) is 103 Å². The molecule has 0 bridgehead atoms. The summed E-state index contributed by atoms with van der Waals surface area (Å²) >= 11 is 0. The molecule has 91 heavy (non-hydrogen) atoms. The highest BCUT2D eigenvalue weighted by atomic mass is 16.5. The first-order valence-corrected chi connectivity index (χ1v) is 43.6. The van der Waals surface area contributed by atoms with Crippen LogP contribution in [0.4, 0.5) is 0 Å². The van der Waals surface area contributed by atoms with E-state index in [0.717, 1.165) is 186 Å². The van der Waals surface area contributed by atoms with Gasteiger partial charge in [-0.1, -0.05) is 188 Å². The molecule has 5 nitrogen and oxygen atoms in total. The summed E-state index contributed by atoms with van der Waals surface area (Å²) in [7, 11) is 0. The molecule has 4 aliphatic heterocycles. The van der Waals surface area contributed by atoms with Gasteiger partial charge in [-0.25, -0.2) is 0 Å². The van der Waals surface area contributed by atoms with Crippen LogP contribution in [0.15, 0.2) is 0 Å². The number of nitrogens with zero attached hydrogens (tertiary/aromatic N) is 4. The van der Waals surface area contributed by atoms with Crippen molar-refractivity contribution in [3.63, 3.8) is 0 Å². The van der Waals surface area contributed by atoms with E-state index in [1.165, 1.54) is 212 Å². The van der Waals surface area contributed by atoms with Gasteiger partial charge in [-0.2, -0.15) is 0 Å². The molecule has 0 radical (unpaired) electrons.